The Hall–Kier alpha value is -1.80. The maximum Gasteiger partial charge on any atom is 0.0430 e. The molecule has 0 radical (unpaired) electrons. The Balaban J connectivity index is 1.76. The Morgan fingerprint density at radius 2 is 1.65 bits per heavy atom. The van der Waals surface area contributed by atoms with E-state index in [1.54, 1.807) is 0 Å². The molecule has 0 amide bonds. The van der Waals surface area contributed by atoms with Gasteiger partial charge in [-0.25, -0.2) is 0 Å². The van der Waals surface area contributed by atoms with Crippen LogP contribution in [0.2, 0.25) is 0 Å². The monoisotopic (exact) mass is 266 g/mol. The highest BCUT2D eigenvalue weighted by Crippen LogP contribution is 2.19. The van der Waals surface area contributed by atoms with Gasteiger partial charge in [-0.2, -0.15) is 0 Å². The van der Waals surface area contributed by atoms with Gasteiger partial charge in [0.25, 0.3) is 0 Å². The lowest BCUT2D eigenvalue weighted by atomic mass is 10.1. The molecule has 0 aliphatic carbocycles. The molecule has 3 rings (SSSR count). The zero-order valence-corrected chi connectivity index (χ0v) is 11.8. The van der Waals surface area contributed by atoms with Crippen LogP contribution in [-0.2, 0) is 6.54 Å². The lowest BCUT2D eigenvalue weighted by Gasteiger charge is -2.28. The summed E-state index contributed by atoms with van der Waals surface area (Å²) in [7, 11) is 0. The largest absolute Gasteiger partial charge is 0.366 e. The van der Waals surface area contributed by atoms with E-state index in [4.69, 9.17) is 0 Å². The second kappa shape index (κ2) is 6.58. The highest BCUT2D eigenvalue weighted by Gasteiger charge is 2.18. The Labute approximate surface area is 121 Å². The van der Waals surface area contributed by atoms with E-state index in [-0.39, 0.29) is 0 Å². The number of anilines is 1. The maximum absolute atomic E-state index is 3.60. The van der Waals surface area contributed by atoms with Crippen LogP contribution >= 0.6 is 0 Å². The van der Waals surface area contributed by atoms with Crippen LogP contribution in [-0.4, -0.2) is 19.1 Å². The first-order chi connectivity index (χ1) is 9.92. The predicted octanol–water partition coefficient (Wildman–Crippen LogP) is 3.45. The van der Waals surface area contributed by atoms with E-state index in [0.717, 1.165) is 13.1 Å². The third-order valence-corrected chi connectivity index (χ3v) is 3.94. The van der Waals surface area contributed by atoms with E-state index >= 15 is 0 Å². The summed E-state index contributed by atoms with van der Waals surface area (Å²) in [5, 5.41) is 3.60. The van der Waals surface area contributed by atoms with Crippen molar-refractivity contribution in [3.63, 3.8) is 0 Å². The summed E-state index contributed by atoms with van der Waals surface area (Å²) >= 11 is 0. The van der Waals surface area contributed by atoms with E-state index < -0.39 is 0 Å². The summed E-state index contributed by atoms with van der Waals surface area (Å²) in [5.74, 6) is 0. The van der Waals surface area contributed by atoms with Crippen LogP contribution in [0.25, 0.3) is 0 Å². The maximum atomic E-state index is 3.60. The molecule has 2 aromatic carbocycles. The molecular formula is C18H22N2. The number of benzene rings is 2. The molecule has 0 saturated carbocycles. The van der Waals surface area contributed by atoms with Crippen LogP contribution in [0.5, 0.6) is 0 Å². The minimum absolute atomic E-state index is 0.624. The molecule has 1 heterocycles. The molecule has 1 fully saturated rings. The second-order valence-corrected chi connectivity index (χ2v) is 5.49. The molecule has 0 aromatic heterocycles. The molecule has 2 heteroatoms. The number of hydrogen-bond donors (Lipinski definition) is 1. The summed E-state index contributed by atoms with van der Waals surface area (Å²) in [6.45, 7) is 3.22. The Bertz CT molecular complexity index is 503. The molecule has 20 heavy (non-hydrogen) atoms. The molecule has 1 N–H and O–H groups in total. The smallest absolute Gasteiger partial charge is 0.0430 e. The second-order valence-electron chi connectivity index (χ2n) is 5.49. The van der Waals surface area contributed by atoms with Gasteiger partial charge in [0.2, 0.25) is 0 Å². The molecule has 1 saturated heterocycles. The van der Waals surface area contributed by atoms with Crippen LogP contribution in [0, 0.1) is 0 Å². The summed E-state index contributed by atoms with van der Waals surface area (Å²) in [6, 6.07) is 22.1. The molecule has 2 nitrogen and oxygen atoms in total. The fourth-order valence-corrected chi connectivity index (χ4v) is 2.88. The minimum atomic E-state index is 0.624. The first kappa shape index (κ1) is 13.2. The number of hydrogen-bond acceptors (Lipinski definition) is 2. The zero-order chi connectivity index (χ0) is 13.6. The minimum Gasteiger partial charge on any atom is -0.366 e. The SMILES string of the molecule is c1ccc(CN(C[C@@H]2CCCN2)c2ccccc2)cc1. The van der Waals surface area contributed by atoms with Crippen molar-refractivity contribution in [2.24, 2.45) is 0 Å². The van der Waals surface area contributed by atoms with Crippen LogP contribution in [0.3, 0.4) is 0 Å². The van der Waals surface area contributed by atoms with Crippen molar-refractivity contribution in [2.75, 3.05) is 18.0 Å². The topological polar surface area (TPSA) is 15.3 Å². The summed E-state index contributed by atoms with van der Waals surface area (Å²) in [5.41, 5.74) is 2.68. The normalized spacial score (nSPS) is 18.1. The van der Waals surface area contributed by atoms with Crippen LogP contribution in [0.4, 0.5) is 5.69 Å². The van der Waals surface area contributed by atoms with Crippen molar-refractivity contribution >= 4 is 5.69 Å². The zero-order valence-electron chi connectivity index (χ0n) is 11.8. The third-order valence-electron chi connectivity index (χ3n) is 3.94. The molecule has 2 aromatic rings. The first-order valence-electron chi connectivity index (χ1n) is 7.49. The van der Waals surface area contributed by atoms with E-state index in [1.165, 1.54) is 30.6 Å². The predicted molar refractivity (Wildman–Crippen MR) is 85.0 cm³/mol. The average Bonchev–Trinajstić information content (AvgIpc) is 3.02. The lowest BCUT2D eigenvalue weighted by Crippen LogP contribution is -2.37. The van der Waals surface area contributed by atoms with Crippen molar-refractivity contribution in [1.29, 1.82) is 0 Å². The summed E-state index contributed by atoms with van der Waals surface area (Å²) in [6.07, 6.45) is 2.59. The fraction of sp³-hybridized carbons (Fsp3) is 0.333. The van der Waals surface area contributed by atoms with Crippen molar-refractivity contribution in [3.05, 3.63) is 66.2 Å². The van der Waals surface area contributed by atoms with Gasteiger partial charge in [-0.3, -0.25) is 0 Å². The number of nitrogens with one attached hydrogen (secondary N) is 1. The van der Waals surface area contributed by atoms with E-state index in [0.29, 0.717) is 6.04 Å². The summed E-state index contributed by atoms with van der Waals surface area (Å²) in [4.78, 5) is 2.48. The summed E-state index contributed by atoms with van der Waals surface area (Å²) < 4.78 is 0. The van der Waals surface area contributed by atoms with E-state index in [9.17, 15) is 0 Å². The van der Waals surface area contributed by atoms with Gasteiger partial charge in [-0.15, -0.1) is 0 Å². The highest BCUT2D eigenvalue weighted by molar-refractivity contribution is 5.47. The third kappa shape index (κ3) is 3.40. The van der Waals surface area contributed by atoms with E-state index in [1.807, 2.05) is 0 Å². The molecular weight excluding hydrogens is 244 g/mol. The number of rotatable bonds is 5. The van der Waals surface area contributed by atoms with Crippen LogP contribution in [0.15, 0.2) is 60.7 Å². The van der Waals surface area contributed by atoms with E-state index in [2.05, 4.69) is 70.9 Å². The number of para-hydroxylation sites is 1. The molecule has 0 unspecified atom stereocenters. The van der Waals surface area contributed by atoms with Gasteiger partial charge in [-0.1, -0.05) is 48.5 Å². The Morgan fingerprint density at radius 1 is 0.950 bits per heavy atom. The van der Waals surface area contributed by atoms with Gasteiger partial charge in [0, 0.05) is 24.8 Å². The molecule has 1 aliphatic heterocycles. The quantitative estimate of drug-likeness (QED) is 0.891. The van der Waals surface area contributed by atoms with Gasteiger partial charge >= 0.3 is 0 Å². The first-order valence-corrected chi connectivity index (χ1v) is 7.49. The fourth-order valence-electron chi connectivity index (χ4n) is 2.88. The van der Waals surface area contributed by atoms with Gasteiger partial charge in [0.05, 0.1) is 0 Å². The molecule has 0 bridgehead atoms. The van der Waals surface area contributed by atoms with Gasteiger partial charge in [0.15, 0.2) is 0 Å². The Kier molecular flexibility index (Phi) is 4.34. The van der Waals surface area contributed by atoms with Crippen molar-refractivity contribution in [2.45, 2.75) is 25.4 Å². The highest BCUT2D eigenvalue weighted by atomic mass is 15.2. The van der Waals surface area contributed by atoms with Crippen molar-refractivity contribution in [3.8, 4) is 0 Å². The van der Waals surface area contributed by atoms with Gasteiger partial charge in [0.1, 0.15) is 0 Å². The van der Waals surface area contributed by atoms with Crippen LogP contribution < -0.4 is 10.2 Å². The van der Waals surface area contributed by atoms with Crippen molar-refractivity contribution < 1.29 is 0 Å². The van der Waals surface area contributed by atoms with Crippen LogP contribution in [0.1, 0.15) is 18.4 Å². The van der Waals surface area contributed by atoms with Gasteiger partial charge in [-0.05, 0) is 37.1 Å². The van der Waals surface area contributed by atoms with Gasteiger partial charge < -0.3 is 10.2 Å². The number of nitrogens with zero attached hydrogens (tertiary/aromatic N) is 1. The lowest BCUT2D eigenvalue weighted by molar-refractivity contribution is 0.580. The molecule has 104 valence electrons. The molecule has 0 spiro atoms. The standard InChI is InChI=1S/C18H22N2/c1-3-8-16(9-4-1)14-20(15-17-10-7-13-19-17)18-11-5-2-6-12-18/h1-6,8-9,11-12,17,19H,7,10,13-15H2/t17-/m0/s1. The van der Waals surface area contributed by atoms with Crippen molar-refractivity contribution in [1.82, 2.24) is 5.32 Å². The average molecular weight is 266 g/mol. The Morgan fingerprint density at radius 3 is 2.30 bits per heavy atom. The molecule has 1 aliphatic rings. The molecule has 1 atom stereocenters.